The molecule has 0 radical (unpaired) electrons. The van der Waals surface area contributed by atoms with Gasteiger partial charge in [0.05, 0.1) is 19.9 Å². The third kappa shape index (κ3) is 3.91. The van der Waals surface area contributed by atoms with Crippen molar-refractivity contribution in [2.45, 2.75) is 13.8 Å². The second-order valence-corrected chi connectivity index (χ2v) is 6.44. The summed E-state index contributed by atoms with van der Waals surface area (Å²) in [6.45, 7) is 3.89. The number of carbonyl (C=O) groups excluding carboxylic acids is 1. The van der Waals surface area contributed by atoms with Crippen molar-refractivity contribution in [1.29, 1.82) is 0 Å². The van der Waals surface area contributed by atoms with E-state index in [0.717, 1.165) is 21.9 Å². The fraction of sp³-hybridized carbons (Fsp3) is 0.190. The minimum atomic E-state index is -0.748. The number of ether oxygens (including phenoxy) is 2. The lowest BCUT2D eigenvalue weighted by Gasteiger charge is -2.12. The SMILES string of the molecule is COc1ccc(-n2c(=O)[nH]cc(C(=O)Nc3ccc(C)c(C)c3)c2=O)cc1OC. The molecule has 1 aromatic heterocycles. The number of aromatic nitrogens is 2. The number of aryl methyl sites for hydroxylation is 2. The average Bonchev–Trinajstić information content (AvgIpc) is 2.70. The average molecular weight is 395 g/mol. The number of H-pyrrole nitrogens is 1. The van der Waals surface area contributed by atoms with Gasteiger partial charge in [-0.25, -0.2) is 9.36 Å². The summed E-state index contributed by atoms with van der Waals surface area (Å²) in [5.41, 5.74) is 1.27. The molecule has 0 atom stereocenters. The zero-order valence-corrected chi connectivity index (χ0v) is 16.5. The molecule has 8 heteroatoms. The Balaban J connectivity index is 2.03. The minimum Gasteiger partial charge on any atom is -0.493 e. The van der Waals surface area contributed by atoms with Crippen molar-refractivity contribution >= 4 is 11.6 Å². The van der Waals surface area contributed by atoms with E-state index < -0.39 is 17.2 Å². The van der Waals surface area contributed by atoms with Crippen LogP contribution in [0.3, 0.4) is 0 Å². The molecule has 0 saturated carbocycles. The predicted octanol–water partition coefficient (Wildman–Crippen LogP) is 2.41. The summed E-state index contributed by atoms with van der Waals surface area (Å²) < 4.78 is 11.3. The van der Waals surface area contributed by atoms with Gasteiger partial charge in [0.25, 0.3) is 11.5 Å². The quantitative estimate of drug-likeness (QED) is 0.691. The van der Waals surface area contributed by atoms with E-state index in [1.165, 1.54) is 26.4 Å². The first-order valence-corrected chi connectivity index (χ1v) is 8.81. The number of carbonyl (C=O) groups is 1. The molecule has 0 spiro atoms. The maximum absolute atomic E-state index is 12.9. The summed E-state index contributed by atoms with van der Waals surface area (Å²) in [4.78, 5) is 40.3. The molecular weight excluding hydrogens is 374 g/mol. The lowest BCUT2D eigenvalue weighted by atomic mass is 10.1. The summed E-state index contributed by atoms with van der Waals surface area (Å²) in [6, 6.07) is 10.0. The Morgan fingerprint density at radius 3 is 2.34 bits per heavy atom. The van der Waals surface area contributed by atoms with Crippen LogP contribution in [-0.2, 0) is 0 Å². The van der Waals surface area contributed by atoms with Gasteiger partial charge in [-0.05, 0) is 49.2 Å². The molecule has 3 aromatic rings. The molecule has 0 bridgehead atoms. The summed E-state index contributed by atoms with van der Waals surface area (Å²) in [7, 11) is 2.93. The fourth-order valence-corrected chi connectivity index (χ4v) is 2.85. The minimum absolute atomic E-state index is 0.197. The lowest BCUT2D eigenvalue weighted by molar-refractivity contribution is 0.102. The van der Waals surface area contributed by atoms with Crippen LogP contribution in [0.25, 0.3) is 5.69 Å². The molecule has 0 fully saturated rings. The Bertz CT molecular complexity index is 1190. The normalized spacial score (nSPS) is 10.5. The van der Waals surface area contributed by atoms with E-state index in [2.05, 4.69) is 10.3 Å². The van der Waals surface area contributed by atoms with Crippen LogP contribution in [0.4, 0.5) is 5.69 Å². The van der Waals surface area contributed by atoms with Gasteiger partial charge in [0, 0.05) is 18.0 Å². The maximum atomic E-state index is 12.9. The van der Waals surface area contributed by atoms with Crippen LogP contribution < -0.4 is 26.0 Å². The highest BCUT2D eigenvalue weighted by Gasteiger charge is 2.17. The number of aromatic amines is 1. The van der Waals surface area contributed by atoms with E-state index in [0.29, 0.717) is 17.2 Å². The Morgan fingerprint density at radius 1 is 0.966 bits per heavy atom. The Hall–Kier alpha value is -3.81. The number of hydrogen-bond acceptors (Lipinski definition) is 5. The molecule has 2 aromatic carbocycles. The monoisotopic (exact) mass is 395 g/mol. The van der Waals surface area contributed by atoms with Crippen molar-refractivity contribution in [2.24, 2.45) is 0 Å². The number of rotatable bonds is 5. The third-order valence-electron chi connectivity index (χ3n) is 4.61. The van der Waals surface area contributed by atoms with E-state index in [9.17, 15) is 14.4 Å². The number of nitrogens with one attached hydrogen (secondary N) is 2. The predicted molar refractivity (Wildman–Crippen MR) is 110 cm³/mol. The molecule has 29 heavy (non-hydrogen) atoms. The van der Waals surface area contributed by atoms with Crippen LogP contribution >= 0.6 is 0 Å². The van der Waals surface area contributed by atoms with Crippen LogP contribution in [0.2, 0.25) is 0 Å². The third-order valence-corrected chi connectivity index (χ3v) is 4.61. The van der Waals surface area contributed by atoms with Crippen molar-refractivity contribution in [2.75, 3.05) is 19.5 Å². The molecule has 150 valence electrons. The van der Waals surface area contributed by atoms with Gasteiger partial charge in [-0.2, -0.15) is 0 Å². The van der Waals surface area contributed by atoms with Crippen LogP contribution in [0.5, 0.6) is 11.5 Å². The summed E-state index contributed by atoms with van der Waals surface area (Å²) in [5.74, 6) is 0.175. The standard InChI is InChI=1S/C21H21N3O5/c1-12-5-6-14(9-13(12)2)23-19(25)16-11-22-21(27)24(20(16)26)15-7-8-17(28-3)18(10-15)29-4/h5-11H,1-4H3,(H,22,27)(H,23,25). The molecular formula is C21H21N3O5. The maximum Gasteiger partial charge on any atom is 0.333 e. The zero-order valence-electron chi connectivity index (χ0n) is 16.5. The van der Waals surface area contributed by atoms with Gasteiger partial charge in [-0.3, -0.25) is 9.59 Å². The number of methoxy groups -OCH3 is 2. The lowest BCUT2D eigenvalue weighted by Crippen LogP contribution is -2.38. The van der Waals surface area contributed by atoms with Gasteiger partial charge >= 0.3 is 5.69 Å². The number of amides is 1. The smallest absolute Gasteiger partial charge is 0.333 e. The van der Waals surface area contributed by atoms with Gasteiger partial charge in [0.1, 0.15) is 5.56 Å². The second kappa shape index (κ2) is 8.05. The van der Waals surface area contributed by atoms with Gasteiger partial charge in [-0.15, -0.1) is 0 Å². The van der Waals surface area contributed by atoms with E-state index >= 15 is 0 Å². The molecule has 0 aliphatic rings. The van der Waals surface area contributed by atoms with E-state index in [1.54, 1.807) is 12.1 Å². The number of nitrogens with zero attached hydrogens (tertiary/aromatic N) is 1. The topological polar surface area (TPSA) is 102 Å². The highest BCUT2D eigenvalue weighted by molar-refractivity contribution is 6.03. The Labute approximate surface area is 166 Å². The van der Waals surface area contributed by atoms with Crippen LogP contribution in [0.1, 0.15) is 21.5 Å². The van der Waals surface area contributed by atoms with Gasteiger partial charge in [0.2, 0.25) is 0 Å². The molecule has 0 saturated heterocycles. The summed E-state index contributed by atoms with van der Waals surface area (Å²) in [6.07, 6.45) is 1.11. The van der Waals surface area contributed by atoms with Crippen LogP contribution in [0.15, 0.2) is 52.2 Å². The Kier molecular flexibility index (Phi) is 5.54. The van der Waals surface area contributed by atoms with Crippen molar-refractivity contribution in [3.63, 3.8) is 0 Å². The molecule has 2 N–H and O–H groups in total. The van der Waals surface area contributed by atoms with Crippen molar-refractivity contribution in [1.82, 2.24) is 9.55 Å². The van der Waals surface area contributed by atoms with Crippen molar-refractivity contribution < 1.29 is 14.3 Å². The van der Waals surface area contributed by atoms with Gasteiger partial charge < -0.3 is 19.8 Å². The van der Waals surface area contributed by atoms with E-state index in [-0.39, 0.29) is 11.3 Å². The Morgan fingerprint density at radius 2 is 1.69 bits per heavy atom. The molecule has 8 nitrogen and oxygen atoms in total. The number of hydrogen-bond donors (Lipinski definition) is 2. The molecule has 1 heterocycles. The van der Waals surface area contributed by atoms with Gasteiger partial charge in [-0.1, -0.05) is 6.07 Å². The summed E-state index contributed by atoms with van der Waals surface area (Å²) >= 11 is 0. The summed E-state index contributed by atoms with van der Waals surface area (Å²) in [5, 5.41) is 2.69. The molecule has 1 amide bonds. The second-order valence-electron chi connectivity index (χ2n) is 6.44. The molecule has 3 rings (SSSR count). The highest BCUT2D eigenvalue weighted by Crippen LogP contribution is 2.28. The fourth-order valence-electron chi connectivity index (χ4n) is 2.85. The highest BCUT2D eigenvalue weighted by atomic mass is 16.5. The first-order valence-electron chi connectivity index (χ1n) is 8.81. The molecule has 0 aliphatic heterocycles. The first kappa shape index (κ1) is 19.9. The van der Waals surface area contributed by atoms with Gasteiger partial charge in [0.15, 0.2) is 11.5 Å². The van der Waals surface area contributed by atoms with Crippen molar-refractivity contribution in [3.8, 4) is 17.2 Å². The van der Waals surface area contributed by atoms with Crippen molar-refractivity contribution in [3.05, 3.63) is 80.1 Å². The van der Waals surface area contributed by atoms with E-state index in [1.807, 2.05) is 26.0 Å². The number of benzene rings is 2. The molecule has 0 aliphatic carbocycles. The number of anilines is 1. The van der Waals surface area contributed by atoms with Crippen LogP contribution in [0, 0.1) is 13.8 Å². The van der Waals surface area contributed by atoms with E-state index in [4.69, 9.17) is 9.47 Å². The van der Waals surface area contributed by atoms with Crippen LogP contribution in [-0.4, -0.2) is 29.7 Å². The zero-order chi connectivity index (χ0) is 21.1. The molecule has 0 unspecified atom stereocenters. The largest absolute Gasteiger partial charge is 0.493 e. The first-order chi connectivity index (χ1) is 13.8.